The summed E-state index contributed by atoms with van der Waals surface area (Å²) in [6.07, 6.45) is 2.85. The number of hydrogen-bond acceptors (Lipinski definition) is 1. The average Bonchev–Trinajstić information content (AvgIpc) is 2.79. The molecule has 94 valence electrons. The molecule has 2 aromatic heterocycles. The van der Waals surface area contributed by atoms with Crippen LogP contribution >= 0.6 is 15.9 Å². The number of hydrogen-bond donors (Lipinski definition) is 0. The first-order valence-electron chi connectivity index (χ1n) is 6.02. The molecule has 3 rings (SSSR count). The number of carbonyl (C=O) groups excluding carboxylic acids is 1. The predicted octanol–water partition coefficient (Wildman–Crippen LogP) is 4.49. The zero-order valence-electron chi connectivity index (χ0n) is 10.4. The number of fused-ring (bicyclic) bond motifs is 1. The molecule has 1 aromatic carbocycles. The van der Waals surface area contributed by atoms with Crippen molar-refractivity contribution in [2.45, 2.75) is 6.92 Å². The van der Waals surface area contributed by atoms with Crippen LogP contribution in [0, 0.1) is 6.92 Å². The van der Waals surface area contributed by atoms with Crippen LogP contribution in [0.1, 0.15) is 16.1 Å². The van der Waals surface area contributed by atoms with E-state index >= 15 is 0 Å². The van der Waals surface area contributed by atoms with Crippen LogP contribution in [0.3, 0.4) is 0 Å². The summed E-state index contributed by atoms with van der Waals surface area (Å²) in [6.45, 7) is 2.05. The number of rotatable bonds is 2. The number of aromatic nitrogens is 1. The normalized spacial score (nSPS) is 10.8. The van der Waals surface area contributed by atoms with Crippen molar-refractivity contribution in [2.75, 3.05) is 0 Å². The van der Waals surface area contributed by atoms with Gasteiger partial charge in [0, 0.05) is 21.7 Å². The van der Waals surface area contributed by atoms with Crippen molar-refractivity contribution in [1.82, 2.24) is 4.40 Å². The first-order valence-corrected chi connectivity index (χ1v) is 6.82. The highest BCUT2D eigenvalue weighted by Gasteiger charge is 2.12. The molecular weight excluding hydrogens is 302 g/mol. The van der Waals surface area contributed by atoms with Crippen molar-refractivity contribution in [3.05, 3.63) is 64.4 Å². The van der Waals surface area contributed by atoms with Gasteiger partial charge in [-0.25, -0.2) is 0 Å². The smallest absolute Gasteiger partial charge is 0.167 e. The maximum Gasteiger partial charge on any atom is 0.167 e. The number of halogens is 1. The van der Waals surface area contributed by atoms with E-state index < -0.39 is 0 Å². The standard InChI is InChI=1S/C16H12BrNO/c1-11-3-2-8-18-15(11)9-14(16(18)10-19)12-4-6-13(17)7-5-12/h2-10H,1H3. The summed E-state index contributed by atoms with van der Waals surface area (Å²) in [6, 6.07) is 14.1. The van der Waals surface area contributed by atoms with Crippen molar-refractivity contribution in [3.63, 3.8) is 0 Å². The van der Waals surface area contributed by atoms with Gasteiger partial charge in [-0.3, -0.25) is 4.79 Å². The second-order valence-electron chi connectivity index (χ2n) is 4.51. The molecule has 19 heavy (non-hydrogen) atoms. The average molecular weight is 314 g/mol. The van der Waals surface area contributed by atoms with Crippen LogP contribution in [0.15, 0.2) is 53.1 Å². The van der Waals surface area contributed by atoms with Gasteiger partial charge in [0.15, 0.2) is 6.29 Å². The second-order valence-corrected chi connectivity index (χ2v) is 5.43. The summed E-state index contributed by atoms with van der Waals surface area (Å²) in [4.78, 5) is 11.4. The first kappa shape index (κ1) is 12.2. The molecule has 0 aliphatic rings. The SMILES string of the molecule is Cc1cccn2c(C=O)c(-c3ccc(Br)cc3)cc12. The fraction of sp³-hybridized carbons (Fsp3) is 0.0625. The zero-order valence-corrected chi connectivity index (χ0v) is 12.0. The van der Waals surface area contributed by atoms with Gasteiger partial charge in [-0.05, 0) is 42.3 Å². The number of benzene rings is 1. The lowest BCUT2D eigenvalue weighted by molar-refractivity contribution is 0.111. The second kappa shape index (κ2) is 4.67. The van der Waals surface area contributed by atoms with E-state index in [0.29, 0.717) is 5.69 Å². The molecule has 0 aliphatic heterocycles. The van der Waals surface area contributed by atoms with Crippen LogP contribution in [-0.4, -0.2) is 10.7 Å². The van der Waals surface area contributed by atoms with Crippen molar-refractivity contribution in [2.24, 2.45) is 0 Å². The Bertz CT molecular complexity index is 756. The van der Waals surface area contributed by atoms with Crippen LogP contribution in [-0.2, 0) is 0 Å². The molecule has 0 saturated carbocycles. The monoisotopic (exact) mass is 313 g/mol. The van der Waals surface area contributed by atoms with E-state index in [1.165, 1.54) is 0 Å². The summed E-state index contributed by atoms with van der Waals surface area (Å²) in [5, 5.41) is 0. The Morgan fingerprint density at radius 3 is 2.58 bits per heavy atom. The van der Waals surface area contributed by atoms with Gasteiger partial charge in [0.2, 0.25) is 0 Å². The van der Waals surface area contributed by atoms with E-state index in [4.69, 9.17) is 0 Å². The summed E-state index contributed by atoms with van der Waals surface area (Å²) in [5.74, 6) is 0. The van der Waals surface area contributed by atoms with Gasteiger partial charge >= 0.3 is 0 Å². The van der Waals surface area contributed by atoms with Crippen LogP contribution in [0.2, 0.25) is 0 Å². The first-order chi connectivity index (χ1) is 9.20. The number of nitrogens with zero attached hydrogens (tertiary/aromatic N) is 1. The molecule has 0 bridgehead atoms. The number of carbonyl (C=O) groups is 1. The van der Waals surface area contributed by atoms with Crippen LogP contribution in [0.25, 0.3) is 16.6 Å². The Kier molecular flexibility index (Phi) is 2.99. The van der Waals surface area contributed by atoms with Gasteiger partial charge in [0.1, 0.15) is 0 Å². The van der Waals surface area contributed by atoms with Gasteiger partial charge in [0.05, 0.1) is 5.69 Å². The van der Waals surface area contributed by atoms with Crippen molar-refractivity contribution in [3.8, 4) is 11.1 Å². The minimum atomic E-state index is 0.695. The topological polar surface area (TPSA) is 21.5 Å². The molecular formula is C16H12BrNO. The summed E-state index contributed by atoms with van der Waals surface area (Å²) < 4.78 is 2.98. The van der Waals surface area contributed by atoms with E-state index in [9.17, 15) is 4.79 Å². The molecule has 0 radical (unpaired) electrons. The quantitative estimate of drug-likeness (QED) is 0.639. The highest BCUT2D eigenvalue weighted by Crippen LogP contribution is 2.29. The third-order valence-electron chi connectivity index (χ3n) is 3.33. The number of pyridine rings is 1. The summed E-state index contributed by atoms with van der Waals surface area (Å²) in [5.41, 5.74) is 4.95. The minimum Gasteiger partial charge on any atom is -0.313 e. The van der Waals surface area contributed by atoms with Crippen LogP contribution in [0.4, 0.5) is 0 Å². The van der Waals surface area contributed by atoms with Gasteiger partial charge in [-0.1, -0.05) is 34.1 Å². The number of aldehydes is 1. The molecule has 2 heterocycles. The molecule has 0 N–H and O–H groups in total. The fourth-order valence-corrected chi connectivity index (χ4v) is 2.61. The Hall–Kier alpha value is -1.87. The van der Waals surface area contributed by atoms with Gasteiger partial charge in [-0.2, -0.15) is 0 Å². The largest absolute Gasteiger partial charge is 0.313 e. The molecule has 0 unspecified atom stereocenters. The van der Waals surface area contributed by atoms with Gasteiger partial charge in [0.25, 0.3) is 0 Å². The van der Waals surface area contributed by atoms with Gasteiger partial charge in [-0.15, -0.1) is 0 Å². The molecule has 0 aliphatic carbocycles. The van der Waals surface area contributed by atoms with E-state index in [1.54, 1.807) is 0 Å². The van der Waals surface area contributed by atoms with Crippen molar-refractivity contribution < 1.29 is 4.79 Å². The van der Waals surface area contributed by atoms with Crippen molar-refractivity contribution >= 4 is 27.7 Å². The fourth-order valence-electron chi connectivity index (χ4n) is 2.34. The number of aryl methyl sites for hydroxylation is 1. The van der Waals surface area contributed by atoms with Crippen LogP contribution < -0.4 is 0 Å². The lowest BCUT2D eigenvalue weighted by Crippen LogP contribution is -1.92. The summed E-state index contributed by atoms with van der Waals surface area (Å²) in [7, 11) is 0. The highest BCUT2D eigenvalue weighted by molar-refractivity contribution is 9.10. The predicted molar refractivity (Wildman–Crippen MR) is 80.7 cm³/mol. The molecule has 0 amide bonds. The Morgan fingerprint density at radius 2 is 1.89 bits per heavy atom. The van der Waals surface area contributed by atoms with Crippen LogP contribution in [0.5, 0.6) is 0 Å². The summed E-state index contributed by atoms with van der Waals surface area (Å²) >= 11 is 3.43. The lowest BCUT2D eigenvalue weighted by atomic mass is 10.1. The van der Waals surface area contributed by atoms with Gasteiger partial charge < -0.3 is 4.40 Å². The highest BCUT2D eigenvalue weighted by atomic mass is 79.9. The van der Waals surface area contributed by atoms with E-state index in [1.807, 2.05) is 40.9 Å². The zero-order chi connectivity index (χ0) is 13.4. The Labute approximate surface area is 119 Å². The lowest BCUT2D eigenvalue weighted by Gasteiger charge is -2.01. The maximum absolute atomic E-state index is 11.4. The molecule has 2 nitrogen and oxygen atoms in total. The molecule has 3 aromatic rings. The molecule has 3 heteroatoms. The third kappa shape index (κ3) is 2.00. The van der Waals surface area contributed by atoms with E-state index in [-0.39, 0.29) is 0 Å². The molecule has 0 atom stereocenters. The molecule has 0 saturated heterocycles. The van der Waals surface area contributed by atoms with E-state index in [0.717, 1.165) is 33.0 Å². The Morgan fingerprint density at radius 1 is 1.16 bits per heavy atom. The Balaban J connectivity index is 2.32. The van der Waals surface area contributed by atoms with E-state index in [2.05, 4.69) is 35.0 Å². The molecule has 0 spiro atoms. The molecule has 0 fully saturated rings. The minimum absolute atomic E-state index is 0.695. The maximum atomic E-state index is 11.4. The third-order valence-corrected chi connectivity index (χ3v) is 3.86. The van der Waals surface area contributed by atoms with Crippen molar-refractivity contribution in [1.29, 1.82) is 0 Å².